The highest BCUT2D eigenvalue weighted by Crippen LogP contribution is 2.29. The van der Waals surface area contributed by atoms with Gasteiger partial charge in [-0.2, -0.15) is 5.26 Å². The lowest BCUT2D eigenvalue weighted by atomic mass is 10.2. The maximum Gasteiger partial charge on any atom is 0.348 e. The highest BCUT2D eigenvalue weighted by atomic mass is 32.2. The molecule has 1 heterocycles. The molecule has 1 aromatic carbocycles. The first-order valence-electron chi connectivity index (χ1n) is 5.76. The van der Waals surface area contributed by atoms with Gasteiger partial charge < -0.3 is 9.15 Å². The fourth-order valence-electron chi connectivity index (χ4n) is 1.46. The molecule has 100 valence electrons. The molecule has 2 rings (SSSR count). The van der Waals surface area contributed by atoms with Crippen molar-refractivity contribution in [3.05, 3.63) is 53.8 Å². The Morgan fingerprint density at radius 3 is 2.70 bits per heavy atom. The van der Waals surface area contributed by atoms with E-state index < -0.39 is 5.97 Å². The van der Waals surface area contributed by atoms with Crippen molar-refractivity contribution in [1.82, 2.24) is 0 Å². The number of methoxy groups -OCH3 is 1. The molecule has 1 aromatic heterocycles. The summed E-state index contributed by atoms with van der Waals surface area (Å²) in [6.07, 6.45) is 1.36. The van der Waals surface area contributed by atoms with Gasteiger partial charge in [-0.1, -0.05) is 30.0 Å². The summed E-state index contributed by atoms with van der Waals surface area (Å²) in [6.45, 7) is 0. The first-order valence-corrected chi connectivity index (χ1v) is 6.57. The summed E-state index contributed by atoms with van der Waals surface area (Å²) in [4.78, 5) is 12.3. The van der Waals surface area contributed by atoms with Gasteiger partial charge in [-0.05, 0) is 24.3 Å². The number of benzene rings is 1. The number of rotatable bonds is 4. The second kappa shape index (κ2) is 6.64. The number of esters is 1. The summed E-state index contributed by atoms with van der Waals surface area (Å²) in [5, 5.41) is 9.55. The van der Waals surface area contributed by atoms with E-state index in [1.807, 2.05) is 30.3 Å². The van der Waals surface area contributed by atoms with Gasteiger partial charge in [0.2, 0.25) is 0 Å². The molecule has 0 aliphatic heterocycles. The molecule has 0 saturated heterocycles. The van der Waals surface area contributed by atoms with Crippen LogP contribution in [0.4, 0.5) is 0 Å². The van der Waals surface area contributed by atoms with E-state index in [9.17, 15) is 4.79 Å². The molecule has 0 spiro atoms. The number of hydrogen-bond acceptors (Lipinski definition) is 5. The van der Waals surface area contributed by atoms with Gasteiger partial charge in [0.1, 0.15) is 17.4 Å². The molecule has 0 saturated carbocycles. The molecule has 4 nitrogen and oxygen atoms in total. The fourth-order valence-corrected chi connectivity index (χ4v) is 2.26. The van der Waals surface area contributed by atoms with Crippen molar-refractivity contribution in [2.75, 3.05) is 7.11 Å². The smallest absolute Gasteiger partial charge is 0.348 e. The predicted octanol–water partition coefficient (Wildman–Crippen LogP) is 3.51. The zero-order valence-corrected chi connectivity index (χ0v) is 11.5. The Balaban J connectivity index is 2.15. The van der Waals surface area contributed by atoms with Crippen molar-refractivity contribution in [3.63, 3.8) is 0 Å². The van der Waals surface area contributed by atoms with Gasteiger partial charge in [0.25, 0.3) is 0 Å². The maximum atomic E-state index is 11.3. The van der Waals surface area contributed by atoms with Crippen molar-refractivity contribution in [2.24, 2.45) is 0 Å². The third kappa shape index (κ3) is 3.53. The van der Waals surface area contributed by atoms with Gasteiger partial charge >= 0.3 is 5.97 Å². The lowest BCUT2D eigenvalue weighted by Crippen LogP contribution is -2.02. The van der Waals surface area contributed by atoms with E-state index in [0.29, 0.717) is 10.9 Å². The van der Waals surface area contributed by atoms with E-state index in [1.165, 1.54) is 24.9 Å². The van der Waals surface area contributed by atoms with Gasteiger partial charge in [-0.3, -0.25) is 0 Å². The SMILES string of the molecule is COC(=O)/C(C#N)=C/c1ccc(Sc2ccccc2)o1. The summed E-state index contributed by atoms with van der Waals surface area (Å²) in [5.74, 6) is -0.244. The molecule has 5 heteroatoms. The molecular formula is C15H11NO3S. The normalized spacial score (nSPS) is 10.9. The van der Waals surface area contributed by atoms with Crippen molar-refractivity contribution < 1.29 is 13.9 Å². The summed E-state index contributed by atoms with van der Waals surface area (Å²) < 4.78 is 10.0. The number of nitrogens with zero attached hydrogens (tertiary/aromatic N) is 1. The van der Waals surface area contributed by atoms with E-state index in [-0.39, 0.29) is 5.57 Å². The highest BCUT2D eigenvalue weighted by molar-refractivity contribution is 7.99. The third-order valence-corrected chi connectivity index (χ3v) is 3.30. The van der Waals surface area contributed by atoms with Crippen LogP contribution < -0.4 is 0 Å². The molecule has 0 unspecified atom stereocenters. The van der Waals surface area contributed by atoms with Crippen LogP contribution in [0, 0.1) is 11.3 Å². The Morgan fingerprint density at radius 2 is 2.05 bits per heavy atom. The lowest BCUT2D eigenvalue weighted by molar-refractivity contribution is -0.135. The summed E-state index contributed by atoms with van der Waals surface area (Å²) in [7, 11) is 1.23. The van der Waals surface area contributed by atoms with Crippen LogP contribution in [0.2, 0.25) is 0 Å². The molecule has 20 heavy (non-hydrogen) atoms. The minimum atomic E-state index is -0.679. The number of carbonyl (C=O) groups excluding carboxylic acids is 1. The molecule has 0 radical (unpaired) electrons. The number of ether oxygens (including phenoxy) is 1. The van der Waals surface area contributed by atoms with Crippen molar-refractivity contribution in [1.29, 1.82) is 5.26 Å². The van der Waals surface area contributed by atoms with E-state index in [0.717, 1.165) is 4.90 Å². The van der Waals surface area contributed by atoms with Gasteiger partial charge in [-0.15, -0.1) is 0 Å². The van der Waals surface area contributed by atoms with Crippen LogP contribution in [0.1, 0.15) is 5.76 Å². The Hall–Kier alpha value is -2.45. The minimum Gasteiger partial charge on any atom is -0.465 e. The van der Waals surface area contributed by atoms with Gasteiger partial charge in [-0.25, -0.2) is 4.79 Å². The average Bonchev–Trinajstić information content (AvgIpc) is 2.92. The maximum absolute atomic E-state index is 11.3. The highest BCUT2D eigenvalue weighted by Gasteiger charge is 2.10. The zero-order valence-electron chi connectivity index (χ0n) is 10.7. The first-order chi connectivity index (χ1) is 9.72. The Kier molecular flexibility index (Phi) is 4.64. The van der Waals surface area contributed by atoms with Crippen LogP contribution >= 0.6 is 11.8 Å². The van der Waals surface area contributed by atoms with Gasteiger partial charge in [0.05, 0.1) is 7.11 Å². The summed E-state index contributed by atoms with van der Waals surface area (Å²) in [5.41, 5.74) is -0.0990. The Morgan fingerprint density at radius 1 is 1.30 bits per heavy atom. The van der Waals surface area contributed by atoms with E-state index in [2.05, 4.69) is 4.74 Å². The molecule has 0 amide bonds. The van der Waals surface area contributed by atoms with Crippen LogP contribution in [-0.4, -0.2) is 13.1 Å². The van der Waals surface area contributed by atoms with Gasteiger partial charge in [0.15, 0.2) is 5.09 Å². The molecule has 0 aliphatic rings. The number of hydrogen-bond donors (Lipinski definition) is 0. The van der Waals surface area contributed by atoms with Crippen LogP contribution in [0.25, 0.3) is 6.08 Å². The molecule has 2 aromatic rings. The van der Waals surface area contributed by atoms with E-state index in [1.54, 1.807) is 18.2 Å². The topological polar surface area (TPSA) is 63.2 Å². The van der Waals surface area contributed by atoms with E-state index in [4.69, 9.17) is 9.68 Å². The van der Waals surface area contributed by atoms with Crippen LogP contribution in [0.5, 0.6) is 0 Å². The third-order valence-electron chi connectivity index (χ3n) is 2.38. The second-order valence-electron chi connectivity index (χ2n) is 3.73. The van der Waals surface area contributed by atoms with Crippen LogP contribution in [0.15, 0.2) is 62.4 Å². The minimum absolute atomic E-state index is 0.0990. The molecule has 0 N–H and O–H groups in total. The standard InChI is InChI=1S/C15H11NO3S/c1-18-15(17)11(10-16)9-12-7-8-14(19-12)20-13-5-3-2-4-6-13/h2-9H,1H3/b11-9+. The monoisotopic (exact) mass is 285 g/mol. The Bertz CT molecular complexity index is 668. The Labute approximate surface area is 120 Å². The summed E-state index contributed by atoms with van der Waals surface area (Å²) in [6, 6.07) is 15.0. The number of furan rings is 1. The molecule has 0 bridgehead atoms. The van der Waals surface area contributed by atoms with Crippen LogP contribution in [0.3, 0.4) is 0 Å². The quantitative estimate of drug-likeness (QED) is 0.488. The number of carbonyl (C=O) groups is 1. The first kappa shape index (κ1) is 14.0. The number of nitriles is 1. The van der Waals surface area contributed by atoms with Crippen molar-refractivity contribution >= 4 is 23.8 Å². The van der Waals surface area contributed by atoms with E-state index >= 15 is 0 Å². The predicted molar refractivity (Wildman–Crippen MR) is 74.9 cm³/mol. The molecule has 0 aliphatic carbocycles. The molecule has 0 fully saturated rings. The lowest BCUT2D eigenvalue weighted by Gasteiger charge is -1.96. The average molecular weight is 285 g/mol. The van der Waals surface area contributed by atoms with Crippen molar-refractivity contribution in [3.8, 4) is 6.07 Å². The largest absolute Gasteiger partial charge is 0.465 e. The fraction of sp³-hybridized carbons (Fsp3) is 0.0667. The second-order valence-corrected chi connectivity index (χ2v) is 4.81. The molecule has 0 atom stereocenters. The summed E-state index contributed by atoms with van der Waals surface area (Å²) >= 11 is 1.46. The van der Waals surface area contributed by atoms with Gasteiger partial charge in [0, 0.05) is 11.0 Å². The van der Waals surface area contributed by atoms with Crippen molar-refractivity contribution in [2.45, 2.75) is 9.99 Å². The zero-order chi connectivity index (χ0) is 14.4. The van der Waals surface area contributed by atoms with Crippen LogP contribution in [-0.2, 0) is 9.53 Å². The molecular weight excluding hydrogens is 274 g/mol.